The molecule has 3 heterocycles. The van der Waals surface area contributed by atoms with E-state index in [9.17, 15) is 9.59 Å². The largest absolute Gasteiger partial charge is 0.306 e. The third-order valence-corrected chi connectivity index (χ3v) is 4.50. The van der Waals surface area contributed by atoms with Crippen molar-refractivity contribution in [1.29, 1.82) is 0 Å². The van der Waals surface area contributed by atoms with E-state index in [4.69, 9.17) is 11.6 Å². The number of pyridine rings is 3. The molecule has 0 spiro atoms. The van der Waals surface area contributed by atoms with Crippen molar-refractivity contribution in [2.24, 2.45) is 0 Å². The number of rotatable bonds is 4. The van der Waals surface area contributed by atoms with Gasteiger partial charge in [0.15, 0.2) is 0 Å². The molecule has 0 aliphatic heterocycles. The van der Waals surface area contributed by atoms with E-state index in [0.29, 0.717) is 21.9 Å². The summed E-state index contributed by atoms with van der Waals surface area (Å²) in [5.41, 5.74) is 0.993. The Morgan fingerprint density at radius 1 is 1.00 bits per heavy atom. The van der Waals surface area contributed by atoms with Crippen LogP contribution in [0.15, 0.2) is 77.9 Å². The van der Waals surface area contributed by atoms with Gasteiger partial charge in [0.05, 0.1) is 6.54 Å². The Hall–Kier alpha value is -3.51. The topological polar surface area (TPSA) is 76.9 Å². The van der Waals surface area contributed by atoms with Crippen LogP contribution < -0.4 is 10.9 Å². The number of hydrogen-bond donors (Lipinski definition) is 1. The molecule has 0 aliphatic carbocycles. The highest BCUT2D eigenvalue weighted by Gasteiger charge is 2.17. The lowest BCUT2D eigenvalue weighted by Gasteiger charge is -2.12. The van der Waals surface area contributed by atoms with Gasteiger partial charge in [-0.15, -0.1) is 0 Å². The highest BCUT2D eigenvalue weighted by molar-refractivity contribution is 6.30. The van der Waals surface area contributed by atoms with Gasteiger partial charge in [-0.05, 0) is 48.0 Å². The predicted octanol–water partition coefficient (Wildman–Crippen LogP) is 3.75. The Balaban J connectivity index is 1.79. The molecule has 1 amide bonds. The summed E-state index contributed by atoms with van der Waals surface area (Å²) in [5.74, 6) is -0.137. The van der Waals surface area contributed by atoms with Gasteiger partial charge >= 0.3 is 0 Å². The molecule has 138 valence electrons. The second-order valence-electron chi connectivity index (χ2n) is 6.16. The molecule has 28 heavy (non-hydrogen) atoms. The summed E-state index contributed by atoms with van der Waals surface area (Å²) in [6, 6.07) is 17.5. The first-order valence-electron chi connectivity index (χ1n) is 8.57. The van der Waals surface area contributed by atoms with E-state index in [0.717, 1.165) is 5.56 Å². The monoisotopic (exact) mass is 390 g/mol. The highest BCUT2D eigenvalue weighted by Crippen LogP contribution is 2.15. The van der Waals surface area contributed by atoms with Crippen LogP contribution in [0.25, 0.3) is 11.0 Å². The SMILES string of the molecule is O=C(Nc1ccccn1)c1cc2cccnc2n(Cc2ccc(Cl)cc2)c1=O. The van der Waals surface area contributed by atoms with E-state index in [1.165, 1.54) is 4.57 Å². The molecule has 1 aromatic carbocycles. The lowest BCUT2D eigenvalue weighted by Crippen LogP contribution is -2.30. The third-order valence-electron chi connectivity index (χ3n) is 4.25. The Kier molecular flexibility index (Phi) is 4.87. The first-order chi connectivity index (χ1) is 13.6. The Morgan fingerprint density at radius 2 is 1.79 bits per heavy atom. The molecule has 0 radical (unpaired) electrons. The van der Waals surface area contributed by atoms with Crippen molar-refractivity contribution in [3.8, 4) is 0 Å². The number of benzene rings is 1. The maximum Gasteiger partial charge on any atom is 0.265 e. The number of hydrogen-bond acceptors (Lipinski definition) is 4. The van der Waals surface area contributed by atoms with E-state index < -0.39 is 11.5 Å². The fourth-order valence-electron chi connectivity index (χ4n) is 2.91. The molecule has 0 saturated heterocycles. The van der Waals surface area contributed by atoms with Crippen LogP contribution in [0.1, 0.15) is 15.9 Å². The Morgan fingerprint density at radius 3 is 2.54 bits per heavy atom. The van der Waals surface area contributed by atoms with Gasteiger partial charge in [0, 0.05) is 22.8 Å². The van der Waals surface area contributed by atoms with E-state index in [1.54, 1.807) is 54.9 Å². The van der Waals surface area contributed by atoms with Gasteiger partial charge in [-0.2, -0.15) is 0 Å². The summed E-state index contributed by atoms with van der Waals surface area (Å²) in [6.45, 7) is 0.272. The van der Waals surface area contributed by atoms with Crippen molar-refractivity contribution < 1.29 is 4.79 Å². The normalized spacial score (nSPS) is 10.8. The summed E-state index contributed by atoms with van der Waals surface area (Å²) in [6.07, 6.45) is 3.19. The molecule has 0 unspecified atom stereocenters. The number of anilines is 1. The van der Waals surface area contributed by atoms with Crippen molar-refractivity contribution in [2.75, 3.05) is 5.32 Å². The van der Waals surface area contributed by atoms with Crippen molar-refractivity contribution in [3.05, 3.63) is 99.6 Å². The quantitative estimate of drug-likeness (QED) is 0.575. The minimum atomic E-state index is -0.515. The zero-order valence-electron chi connectivity index (χ0n) is 14.7. The van der Waals surface area contributed by atoms with Crippen LogP contribution in [0.3, 0.4) is 0 Å². The van der Waals surface area contributed by atoms with Crippen LogP contribution in [-0.4, -0.2) is 20.4 Å². The van der Waals surface area contributed by atoms with Crippen molar-refractivity contribution in [2.45, 2.75) is 6.54 Å². The number of carbonyl (C=O) groups excluding carboxylic acids is 1. The zero-order chi connectivity index (χ0) is 19.5. The summed E-state index contributed by atoms with van der Waals surface area (Å²) < 4.78 is 1.49. The zero-order valence-corrected chi connectivity index (χ0v) is 15.4. The molecule has 6 nitrogen and oxygen atoms in total. The molecule has 0 fully saturated rings. The fraction of sp³-hybridized carbons (Fsp3) is 0.0476. The molecule has 4 aromatic rings. The van der Waals surface area contributed by atoms with Gasteiger partial charge in [0.2, 0.25) is 0 Å². The molecule has 0 aliphatic rings. The van der Waals surface area contributed by atoms with Gasteiger partial charge in [-0.25, -0.2) is 9.97 Å². The van der Waals surface area contributed by atoms with Crippen molar-refractivity contribution in [1.82, 2.24) is 14.5 Å². The molecular weight excluding hydrogens is 376 g/mol. The van der Waals surface area contributed by atoms with Crippen LogP contribution in [0.4, 0.5) is 5.82 Å². The van der Waals surface area contributed by atoms with E-state index in [1.807, 2.05) is 18.2 Å². The number of carbonyl (C=O) groups is 1. The lowest BCUT2D eigenvalue weighted by molar-refractivity contribution is 0.102. The summed E-state index contributed by atoms with van der Waals surface area (Å²) in [4.78, 5) is 34.2. The fourth-order valence-corrected chi connectivity index (χ4v) is 3.03. The number of halogens is 1. The smallest absolute Gasteiger partial charge is 0.265 e. The minimum absolute atomic E-state index is 0.0279. The van der Waals surface area contributed by atoms with Crippen LogP contribution in [0, 0.1) is 0 Å². The Labute approximate surface area is 165 Å². The van der Waals surface area contributed by atoms with Gasteiger partial charge < -0.3 is 5.32 Å². The number of fused-ring (bicyclic) bond motifs is 1. The van der Waals surface area contributed by atoms with E-state index >= 15 is 0 Å². The standard InChI is InChI=1S/C21H15ClN4O2/c22-16-8-6-14(7-9-16)13-26-19-15(4-3-11-24-19)12-17(21(26)28)20(27)25-18-5-1-2-10-23-18/h1-12H,13H2,(H,23,25,27). The number of amides is 1. The maximum absolute atomic E-state index is 13.1. The Bertz CT molecular complexity index is 1200. The number of nitrogens with zero attached hydrogens (tertiary/aromatic N) is 3. The van der Waals surface area contributed by atoms with Crippen molar-refractivity contribution in [3.63, 3.8) is 0 Å². The second kappa shape index (κ2) is 7.62. The molecular formula is C21H15ClN4O2. The van der Waals surface area contributed by atoms with E-state index in [-0.39, 0.29) is 12.1 Å². The van der Waals surface area contributed by atoms with Crippen molar-refractivity contribution >= 4 is 34.4 Å². The molecule has 0 bridgehead atoms. The molecule has 0 atom stereocenters. The van der Waals surface area contributed by atoms with Gasteiger partial charge in [-0.1, -0.05) is 29.8 Å². The third kappa shape index (κ3) is 3.63. The lowest BCUT2D eigenvalue weighted by atomic mass is 10.1. The number of aromatic nitrogens is 3. The minimum Gasteiger partial charge on any atom is -0.306 e. The van der Waals surface area contributed by atoms with Crippen LogP contribution in [-0.2, 0) is 6.54 Å². The average Bonchev–Trinajstić information content (AvgIpc) is 2.72. The van der Waals surface area contributed by atoms with Crippen LogP contribution in [0.2, 0.25) is 5.02 Å². The van der Waals surface area contributed by atoms with Crippen LogP contribution in [0.5, 0.6) is 0 Å². The predicted molar refractivity (Wildman–Crippen MR) is 109 cm³/mol. The molecule has 3 aromatic heterocycles. The maximum atomic E-state index is 13.1. The number of nitrogens with one attached hydrogen (secondary N) is 1. The summed E-state index contributed by atoms with van der Waals surface area (Å²) in [7, 11) is 0. The van der Waals surface area contributed by atoms with Crippen LogP contribution >= 0.6 is 11.6 Å². The van der Waals surface area contributed by atoms with Gasteiger partial charge in [-0.3, -0.25) is 14.2 Å². The molecule has 1 N–H and O–H groups in total. The average molecular weight is 391 g/mol. The summed E-state index contributed by atoms with van der Waals surface area (Å²) >= 11 is 5.95. The van der Waals surface area contributed by atoms with E-state index in [2.05, 4.69) is 15.3 Å². The second-order valence-corrected chi connectivity index (χ2v) is 6.60. The first kappa shape index (κ1) is 17.9. The molecule has 0 saturated carbocycles. The van der Waals surface area contributed by atoms with Gasteiger partial charge in [0.25, 0.3) is 11.5 Å². The van der Waals surface area contributed by atoms with Gasteiger partial charge in [0.1, 0.15) is 17.0 Å². The summed E-state index contributed by atoms with van der Waals surface area (Å²) in [5, 5.41) is 3.97. The first-order valence-corrected chi connectivity index (χ1v) is 8.95. The molecule has 4 rings (SSSR count). The molecule has 7 heteroatoms. The highest BCUT2D eigenvalue weighted by atomic mass is 35.5.